The molecule has 1 aromatic heterocycles. The predicted octanol–water partition coefficient (Wildman–Crippen LogP) is 4.05. The molecule has 0 unspecified atom stereocenters. The number of aromatic nitrogens is 1. The first-order chi connectivity index (χ1) is 12.3. The van der Waals surface area contributed by atoms with Crippen LogP contribution in [0.3, 0.4) is 0 Å². The van der Waals surface area contributed by atoms with Gasteiger partial charge in [-0.15, -0.1) is 0 Å². The Morgan fingerprint density at radius 2 is 1.73 bits per heavy atom. The molecule has 0 saturated carbocycles. The van der Waals surface area contributed by atoms with Crippen LogP contribution in [0.5, 0.6) is 0 Å². The predicted molar refractivity (Wildman–Crippen MR) is 101 cm³/mol. The van der Waals surface area contributed by atoms with Crippen molar-refractivity contribution >= 4 is 10.0 Å². The molecule has 1 heterocycles. The van der Waals surface area contributed by atoms with Crippen molar-refractivity contribution in [1.29, 1.82) is 0 Å². The van der Waals surface area contributed by atoms with Crippen molar-refractivity contribution in [2.24, 2.45) is 0 Å². The standard InChI is InChI=1S/C20H22N2O3S/c1-13-7-5-6-8-18(13)12-21-26(23,24)19-11-17(10-9-14(19)2)20-15(3)22-25-16(20)4/h5-11,21H,12H2,1-4H3. The fraction of sp³-hybridized carbons (Fsp3) is 0.250. The van der Waals surface area contributed by atoms with Gasteiger partial charge in [0.15, 0.2) is 0 Å². The van der Waals surface area contributed by atoms with Crippen LogP contribution in [-0.2, 0) is 16.6 Å². The largest absolute Gasteiger partial charge is 0.361 e. The summed E-state index contributed by atoms with van der Waals surface area (Å²) in [7, 11) is -3.65. The Morgan fingerprint density at radius 1 is 1.00 bits per heavy atom. The Bertz CT molecular complexity index is 1030. The van der Waals surface area contributed by atoms with E-state index in [-0.39, 0.29) is 11.4 Å². The number of nitrogens with one attached hydrogen (secondary N) is 1. The highest BCUT2D eigenvalue weighted by Gasteiger charge is 2.20. The van der Waals surface area contributed by atoms with E-state index in [1.165, 1.54) is 0 Å². The van der Waals surface area contributed by atoms with Crippen molar-refractivity contribution in [2.75, 3.05) is 0 Å². The summed E-state index contributed by atoms with van der Waals surface area (Å²) in [5.74, 6) is 0.669. The molecule has 0 atom stereocenters. The van der Waals surface area contributed by atoms with E-state index in [9.17, 15) is 8.42 Å². The molecule has 136 valence electrons. The lowest BCUT2D eigenvalue weighted by Crippen LogP contribution is -2.24. The maximum Gasteiger partial charge on any atom is 0.241 e. The molecule has 1 N–H and O–H groups in total. The Morgan fingerprint density at radius 3 is 2.38 bits per heavy atom. The summed E-state index contributed by atoms with van der Waals surface area (Å²) in [4.78, 5) is 0.267. The molecule has 2 aromatic carbocycles. The van der Waals surface area contributed by atoms with Gasteiger partial charge in [0.05, 0.1) is 10.6 Å². The first kappa shape index (κ1) is 18.4. The summed E-state index contributed by atoms with van der Waals surface area (Å²) < 4.78 is 33.7. The number of hydrogen-bond donors (Lipinski definition) is 1. The molecule has 0 amide bonds. The second kappa shape index (κ2) is 7.05. The van der Waals surface area contributed by atoms with Crippen LogP contribution >= 0.6 is 0 Å². The Hall–Kier alpha value is -2.44. The van der Waals surface area contributed by atoms with Crippen LogP contribution in [0.15, 0.2) is 51.9 Å². The molecule has 0 aliphatic carbocycles. The lowest BCUT2D eigenvalue weighted by Gasteiger charge is -2.12. The van der Waals surface area contributed by atoms with Gasteiger partial charge in [-0.3, -0.25) is 0 Å². The third kappa shape index (κ3) is 3.57. The van der Waals surface area contributed by atoms with Crippen LogP contribution in [-0.4, -0.2) is 13.6 Å². The van der Waals surface area contributed by atoms with Gasteiger partial charge < -0.3 is 4.52 Å². The monoisotopic (exact) mass is 370 g/mol. The average molecular weight is 370 g/mol. The molecule has 26 heavy (non-hydrogen) atoms. The lowest BCUT2D eigenvalue weighted by molar-refractivity contribution is 0.393. The minimum Gasteiger partial charge on any atom is -0.361 e. The van der Waals surface area contributed by atoms with E-state index in [0.29, 0.717) is 11.3 Å². The first-order valence-electron chi connectivity index (χ1n) is 8.37. The summed E-state index contributed by atoms with van der Waals surface area (Å²) in [6, 6.07) is 13.1. The highest BCUT2D eigenvalue weighted by Crippen LogP contribution is 2.30. The van der Waals surface area contributed by atoms with E-state index in [0.717, 1.165) is 27.9 Å². The van der Waals surface area contributed by atoms with E-state index in [4.69, 9.17) is 4.52 Å². The Kier molecular flexibility index (Phi) is 4.98. The van der Waals surface area contributed by atoms with Crippen molar-refractivity contribution < 1.29 is 12.9 Å². The van der Waals surface area contributed by atoms with E-state index >= 15 is 0 Å². The van der Waals surface area contributed by atoms with Gasteiger partial charge in [0, 0.05) is 12.1 Å². The number of benzene rings is 2. The molecule has 6 heteroatoms. The molecule has 0 radical (unpaired) electrons. The quantitative estimate of drug-likeness (QED) is 0.735. The molecule has 5 nitrogen and oxygen atoms in total. The maximum atomic E-state index is 12.9. The van der Waals surface area contributed by atoms with Crippen molar-refractivity contribution in [2.45, 2.75) is 39.1 Å². The Balaban J connectivity index is 1.95. The van der Waals surface area contributed by atoms with Gasteiger partial charge in [-0.05, 0) is 56.0 Å². The number of nitrogens with zero attached hydrogens (tertiary/aromatic N) is 1. The smallest absolute Gasteiger partial charge is 0.241 e. The van der Waals surface area contributed by atoms with Gasteiger partial charge in [-0.1, -0.05) is 41.6 Å². The van der Waals surface area contributed by atoms with E-state index in [2.05, 4.69) is 9.88 Å². The molecular formula is C20H22N2O3S. The molecule has 3 aromatic rings. The van der Waals surface area contributed by atoms with E-state index < -0.39 is 10.0 Å². The molecular weight excluding hydrogens is 348 g/mol. The summed E-state index contributed by atoms with van der Waals surface area (Å²) in [5, 5.41) is 3.95. The van der Waals surface area contributed by atoms with Gasteiger partial charge in [0.1, 0.15) is 5.76 Å². The molecule has 0 saturated heterocycles. The van der Waals surface area contributed by atoms with Crippen molar-refractivity contribution in [3.8, 4) is 11.1 Å². The normalized spacial score (nSPS) is 11.7. The zero-order chi connectivity index (χ0) is 18.9. The summed E-state index contributed by atoms with van der Waals surface area (Å²) in [6.07, 6.45) is 0. The summed E-state index contributed by atoms with van der Waals surface area (Å²) in [6.45, 7) is 7.67. The van der Waals surface area contributed by atoms with Gasteiger partial charge >= 0.3 is 0 Å². The molecule has 0 fully saturated rings. The second-order valence-electron chi connectivity index (χ2n) is 6.43. The van der Waals surface area contributed by atoms with Crippen molar-refractivity contribution in [3.05, 3.63) is 70.6 Å². The molecule has 0 spiro atoms. The third-order valence-corrected chi connectivity index (χ3v) is 6.06. The van der Waals surface area contributed by atoms with Gasteiger partial charge in [0.25, 0.3) is 0 Å². The molecule has 3 rings (SSSR count). The molecule has 0 aliphatic heterocycles. The van der Waals surface area contributed by atoms with Crippen LogP contribution in [0.1, 0.15) is 28.1 Å². The van der Waals surface area contributed by atoms with Crippen LogP contribution in [0.4, 0.5) is 0 Å². The SMILES string of the molecule is Cc1ccccc1CNS(=O)(=O)c1cc(-c2c(C)noc2C)ccc1C. The average Bonchev–Trinajstić information content (AvgIpc) is 2.93. The zero-order valence-electron chi connectivity index (χ0n) is 15.3. The minimum absolute atomic E-state index is 0.254. The number of aryl methyl sites for hydroxylation is 4. The fourth-order valence-corrected chi connectivity index (χ4v) is 4.27. The van der Waals surface area contributed by atoms with Crippen LogP contribution in [0, 0.1) is 27.7 Å². The van der Waals surface area contributed by atoms with Crippen LogP contribution < -0.4 is 4.72 Å². The topological polar surface area (TPSA) is 72.2 Å². The number of sulfonamides is 1. The van der Waals surface area contributed by atoms with Gasteiger partial charge in [0.2, 0.25) is 10.0 Å². The third-order valence-electron chi connectivity index (χ3n) is 4.51. The van der Waals surface area contributed by atoms with Crippen LogP contribution in [0.2, 0.25) is 0 Å². The van der Waals surface area contributed by atoms with Crippen molar-refractivity contribution in [3.63, 3.8) is 0 Å². The fourth-order valence-electron chi connectivity index (χ4n) is 3.00. The highest BCUT2D eigenvalue weighted by atomic mass is 32.2. The highest BCUT2D eigenvalue weighted by molar-refractivity contribution is 7.89. The molecule has 0 aliphatic rings. The molecule has 0 bridgehead atoms. The maximum absolute atomic E-state index is 12.9. The van der Waals surface area contributed by atoms with Gasteiger partial charge in [-0.25, -0.2) is 13.1 Å². The van der Waals surface area contributed by atoms with Crippen LogP contribution in [0.25, 0.3) is 11.1 Å². The number of rotatable bonds is 5. The summed E-state index contributed by atoms with van der Waals surface area (Å²) >= 11 is 0. The van der Waals surface area contributed by atoms with E-state index in [1.54, 1.807) is 13.0 Å². The summed E-state index contributed by atoms with van der Waals surface area (Å²) in [5.41, 5.74) is 5.05. The lowest BCUT2D eigenvalue weighted by atomic mass is 10.0. The zero-order valence-corrected chi connectivity index (χ0v) is 16.1. The van der Waals surface area contributed by atoms with E-state index in [1.807, 2.05) is 57.2 Å². The minimum atomic E-state index is -3.65. The Labute approximate surface area is 154 Å². The second-order valence-corrected chi connectivity index (χ2v) is 8.17. The number of hydrogen-bond acceptors (Lipinski definition) is 4. The first-order valence-corrected chi connectivity index (χ1v) is 9.86. The van der Waals surface area contributed by atoms with Gasteiger partial charge in [-0.2, -0.15) is 0 Å². The van der Waals surface area contributed by atoms with Crippen molar-refractivity contribution in [1.82, 2.24) is 9.88 Å².